The summed E-state index contributed by atoms with van der Waals surface area (Å²) in [5.41, 5.74) is 2.36. The molecule has 0 amide bonds. The molecule has 0 N–H and O–H groups in total. The molecule has 4 atom stereocenters. The molecule has 0 bridgehead atoms. The zero-order valence-corrected chi connectivity index (χ0v) is 16.2. The van der Waals surface area contributed by atoms with E-state index in [1.807, 2.05) is 0 Å². The van der Waals surface area contributed by atoms with Gasteiger partial charge in [0.15, 0.2) is 0 Å². The topological polar surface area (TPSA) is 21.8 Å². The van der Waals surface area contributed by atoms with E-state index in [0.29, 0.717) is 16.7 Å². The monoisotopic (exact) mass is 342 g/mol. The molecule has 1 aliphatic heterocycles. The van der Waals surface area contributed by atoms with E-state index in [1.54, 1.807) is 0 Å². The van der Waals surface area contributed by atoms with Gasteiger partial charge < -0.3 is 9.47 Å². The van der Waals surface area contributed by atoms with Crippen molar-refractivity contribution >= 4 is 0 Å². The third-order valence-corrected chi connectivity index (χ3v) is 7.74. The van der Waals surface area contributed by atoms with E-state index >= 15 is 0 Å². The van der Waals surface area contributed by atoms with Gasteiger partial charge in [-0.15, -0.1) is 0 Å². The van der Waals surface area contributed by atoms with Crippen molar-refractivity contribution in [3.63, 3.8) is 0 Å². The summed E-state index contributed by atoms with van der Waals surface area (Å²) in [6, 6.07) is 10.5. The SMILES string of the molecule is CC1(C)CCCC2(C)C1CCC1(CO1)C2CCOCc1ccccc1. The molecule has 2 saturated carbocycles. The molecule has 4 unspecified atom stereocenters. The highest BCUT2D eigenvalue weighted by Crippen LogP contribution is 2.66. The van der Waals surface area contributed by atoms with Crippen LogP contribution >= 0.6 is 0 Å². The summed E-state index contributed by atoms with van der Waals surface area (Å²) >= 11 is 0. The highest BCUT2D eigenvalue weighted by Gasteiger charge is 2.64. The number of epoxide rings is 1. The first-order valence-corrected chi connectivity index (χ1v) is 10.2. The fourth-order valence-corrected chi connectivity index (χ4v) is 6.46. The molecule has 138 valence electrons. The number of benzene rings is 1. The van der Waals surface area contributed by atoms with E-state index in [-0.39, 0.29) is 5.60 Å². The number of fused-ring (bicyclic) bond motifs is 1. The lowest BCUT2D eigenvalue weighted by molar-refractivity contribution is -0.113. The predicted octanol–water partition coefficient (Wildman–Crippen LogP) is 5.60. The first-order valence-electron chi connectivity index (χ1n) is 10.2. The normalized spacial score (nSPS) is 39.2. The van der Waals surface area contributed by atoms with Crippen LogP contribution in [0.15, 0.2) is 30.3 Å². The number of rotatable bonds is 5. The Labute approximate surface area is 153 Å². The molecule has 4 rings (SSSR count). The average molecular weight is 343 g/mol. The maximum atomic E-state index is 6.09. The minimum Gasteiger partial charge on any atom is -0.377 e. The third-order valence-electron chi connectivity index (χ3n) is 7.74. The second-order valence-corrected chi connectivity index (χ2v) is 9.67. The highest BCUT2D eigenvalue weighted by molar-refractivity contribution is 5.14. The minimum absolute atomic E-state index is 0.189. The molecule has 3 fully saturated rings. The van der Waals surface area contributed by atoms with E-state index in [2.05, 4.69) is 51.1 Å². The zero-order valence-electron chi connectivity index (χ0n) is 16.2. The molecule has 1 saturated heterocycles. The van der Waals surface area contributed by atoms with E-state index < -0.39 is 0 Å². The van der Waals surface area contributed by atoms with Crippen molar-refractivity contribution in [1.29, 1.82) is 0 Å². The molecule has 2 aliphatic carbocycles. The first kappa shape index (κ1) is 17.5. The lowest BCUT2D eigenvalue weighted by atomic mass is 9.46. The van der Waals surface area contributed by atoms with Crippen LogP contribution in [-0.4, -0.2) is 18.8 Å². The minimum atomic E-state index is 0.189. The fourth-order valence-electron chi connectivity index (χ4n) is 6.46. The summed E-state index contributed by atoms with van der Waals surface area (Å²) in [5.74, 6) is 1.50. The van der Waals surface area contributed by atoms with Crippen LogP contribution in [0.5, 0.6) is 0 Å². The van der Waals surface area contributed by atoms with Gasteiger partial charge in [0.2, 0.25) is 0 Å². The van der Waals surface area contributed by atoms with Crippen molar-refractivity contribution in [1.82, 2.24) is 0 Å². The fraction of sp³-hybridized carbons (Fsp3) is 0.739. The van der Waals surface area contributed by atoms with Crippen molar-refractivity contribution in [3.8, 4) is 0 Å². The molecule has 1 aromatic carbocycles. The Bertz CT molecular complexity index is 589. The zero-order chi connectivity index (χ0) is 17.5. The van der Waals surface area contributed by atoms with Crippen LogP contribution in [0, 0.1) is 22.7 Å². The van der Waals surface area contributed by atoms with E-state index in [0.717, 1.165) is 32.2 Å². The molecule has 2 nitrogen and oxygen atoms in total. The van der Waals surface area contributed by atoms with Crippen LogP contribution < -0.4 is 0 Å². The quantitative estimate of drug-likeness (QED) is 0.513. The largest absolute Gasteiger partial charge is 0.377 e. The molecular weight excluding hydrogens is 308 g/mol. The summed E-state index contributed by atoms with van der Waals surface area (Å²) in [4.78, 5) is 0. The van der Waals surface area contributed by atoms with Gasteiger partial charge in [0.25, 0.3) is 0 Å². The Kier molecular flexibility index (Phi) is 4.48. The Morgan fingerprint density at radius 3 is 2.56 bits per heavy atom. The lowest BCUT2D eigenvalue weighted by Crippen LogP contribution is -2.54. The molecular formula is C23H34O2. The van der Waals surface area contributed by atoms with Crippen molar-refractivity contribution in [2.45, 2.75) is 71.5 Å². The van der Waals surface area contributed by atoms with Gasteiger partial charge in [-0.1, -0.05) is 57.5 Å². The number of hydrogen-bond donors (Lipinski definition) is 0. The Morgan fingerprint density at radius 1 is 1.08 bits per heavy atom. The van der Waals surface area contributed by atoms with Crippen molar-refractivity contribution in [2.24, 2.45) is 22.7 Å². The molecule has 1 spiro atoms. The maximum Gasteiger partial charge on any atom is 0.0950 e. The number of hydrogen-bond acceptors (Lipinski definition) is 2. The van der Waals surface area contributed by atoms with Gasteiger partial charge in [-0.25, -0.2) is 0 Å². The van der Waals surface area contributed by atoms with Gasteiger partial charge in [0.05, 0.1) is 18.8 Å². The second-order valence-electron chi connectivity index (χ2n) is 9.67. The predicted molar refractivity (Wildman–Crippen MR) is 101 cm³/mol. The molecule has 0 aromatic heterocycles. The summed E-state index contributed by atoms with van der Waals surface area (Å²) in [5, 5.41) is 0. The van der Waals surface area contributed by atoms with Crippen LogP contribution in [0.1, 0.15) is 64.9 Å². The van der Waals surface area contributed by atoms with E-state index in [9.17, 15) is 0 Å². The molecule has 0 radical (unpaired) electrons. The first-order chi connectivity index (χ1) is 12.0. The lowest BCUT2D eigenvalue weighted by Gasteiger charge is -2.59. The Morgan fingerprint density at radius 2 is 1.84 bits per heavy atom. The van der Waals surface area contributed by atoms with Crippen LogP contribution in [-0.2, 0) is 16.1 Å². The average Bonchev–Trinajstić information content (AvgIpc) is 3.34. The molecule has 25 heavy (non-hydrogen) atoms. The maximum absolute atomic E-state index is 6.09. The van der Waals surface area contributed by atoms with Crippen LogP contribution in [0.3, 0.4) is 0 Å². The standard InChI is InChI=1S/C23H34O2/c1-21(2)12-7-13-22(3)19(21)10-14-23(17-25-23)20(22)11-15-24-16-18-8-5-4-6-9-18/h4-6,8-9,19-20H,7,10-17H2,1-3H3. The molecule has 3 aliphatic rings. The van der Waals surface area contributed by atoms with Crippen molar-refractivity contribution in [2.75, 3.05) is 13.2 Å². The molecule has 1 aromatic rings. The summed E-state index contributed by atoms with van der Waals surface area (Å²) in [6.07, 6.45) is 7.90. The van der Waals surface area contributed by atoms with Gasteiger partial charge in [-0.2, -0.15) is 0 Å². The number of ether oxygens (including phenoxy) is 2. The van der Waals surface area contributed by atoms with Gasteiger partial charge in [0.1, 0.15) is 0 Å². The van der Waals surface area contributed by atoms with Crippen LogP contribution in [0.25, 0.3) is 0 Å². The van der Waals surface area contributed by atoms with Gasteiger partial charge in [0, 0.05) is 6.61 Å². The van der Waals surface area contributed by atoms with Crippen molar-refractivity contribution in [3.05, 3.63) is 35.9 Å². The Balaban J connectivity index is 1.43. The molecule has 1 heterocycles. The van der Waals surface area contributed by atoms with Gasteiger partial charge >= 0.3 is 0 Å². The van der Waals surface area contributed by atoms with Crippen LogP contribution in [0.2, 0.25) is 0 Å². The summed E-state index contributed by atoms with van der Waals surface area (Å²) in [6.45, 7) is 10.1. The highest BCUT2D eigenvalue weighted by atomic mass is 16.6. The van der Waals surface area contributed by atoms with E-state index in [4.69, 9.17) is 9.47 Å². The summed E-state index contributed by atoms with van der Waals surface area (Å²) in [7, 11) is 0. The smallest absolute Gasteiger partial charge is 0.0950 e. The third kappa shape index (κ3) is 3.17. The summed E-state index contributed by atoms with van der Waals surface area (Å²) < 4.78 is 12.2. The second kappa shape index (κ2) is 6.39. The molecule has 2 heteroatoms. The van der Waals surface area contributed by atoms with Gasteiger partial charge in [-0.3, -0.25) is 0 Å². The van der Waals surface area contributed by atoms with Crippen molar-refractivity contribution < 1.29 is 9.47 Å². The van der Waals surface area contributed by atoms with Gasteiger partial charge in [-0.05, 0) is 60.3 Å². The van der Waals surface area contributed by atoms with E-state index in [1.165, 1.54) is 37.7 Å². The Hall–Kier alpha value is -0.860. The van der Waals surface area contributed by atoms with Crippen LogP contribution in [0.4, 0.5) is 0 Å².